The molecule has 0 fully saturated rings. The lowest BCUT2D eigenvalue weighted by molar-refractivity contribution is -0.387. The van der Waals surface area contributed by atoms with E-state index in [1.807, 2.05) is 0 Å². The molecule has 9 heteroatoms. The van der Waals surface area contributed by atoms with Gasteiger partial charge in [0.2, 0.25) is 11.6 Å². The van der Waals surface area contributed by atoms with Crippen LogP contribution in [-0.2, 0) is 0 Å². The molecule has 0 aliphatic rings. The first kappa shape index (κ1) is 13.5. The molecule has 1 aromatic heterocycles. The number of hydrogen-bond acceptors (Lipinski definition) is 5. The third-order valence-corrected chi connectivity index (χ3v) is 2.20. The van der Waals surface area contributed by atoms with Gasteiger partial charge in [0, 0.05) is 12.1 Å². The number of rotatable bonds is 4. The molecule has 0 saturated heterocycles. The standard InChI is InChI=1S/C11H5F2NO6/c12-5-4-9(6(13)3-7(5)14(17)18)20-10-2-1-8(19-10)11(15)16/h1-4H,(H,15,16). The fraction of sp³-hybridized carbons (Fsp3) is 0. The van der Waals surface area contributed by atoms with Crippen LogP contribution in [0.5, 0.6) is 11.7 Å². The van der Waals surface area contributed by atoms with Gasteiger partial charge in [-0.25, -0.2) is 9.18 Å². The van der Waals surface area contributed by atoms with Crippen LogP contribution in [0.1, 0.15) is 10.6 Å². The van der Waals surface area contributed by atoms with Crippen LogP contribution in [0.3, 0.4) is 0 Å². The Morgan fingerprint density at radius 1 is 1.30 bits per heavy atom. The lowest BCUT2D eigenvalue weighted by atomic mass is 10.3. The van der Waals surface area contributed by atoms with Crippen LogP contribution in [0.25, 0.3) is 0 Å². The molecule has 1 heterocycles. The van der Waals surface area contributed by atoms with Crippen molar-refractivity contribution in [1.29, 1.82) is 0 Å². The van der Waals surface area contributed by atoms with E-state index < -0.39 is 45.7 Å². The lowest BCUT2D eigenvalue weighted by Gasteiger charge is -2.03. The summed E-state index contributed by atoms with van der Waals surface area (Å²) in [5, 5.41) is 19.0. The molecule has 0 atom stereocenters. The van der Waals surface area contributed by atoms with Gasteiger partial charge in [-0.2, -0.15) is 4.39 Å². The number of nitrogens with zero attached hydrogens (tertiary/aromatic N) is 1. The molecule has 0 aliphatic heterocycles. The molecule has 0 spiro atoms. The first-order valence-electron chi connectivity index (χ1n) is 5.03. The minimum atomic E-state index is -1.37. The summed E-state index contributed by atoms with van der Waals surface area (Å²) in [6.45, 7) is 0. The Balaban J connectivity index is 2.31. The summed E-state index contributed by atoms with van der Waals surface area (Å²) in [4.78, 5) is 19.9. The molecule has 2 rings (SSSR count). The molecule has 0 bridgehead atoms. The summed E-state index contributed by atoms with van der Waals surface area (Å²) in [5.41, 5.74) is -1.04. The number of carboxylic acids is 1. The number of furan rings is 1. The quantitative estimate of drug-likeness (QED) is 0.684. The Labute approximate surface area is 109 Å². The van der Waals surface area contributed by atoms with Gasteiger partial charge in [0.15, 0.2) is 11.6 Å². The van der Waals surface area contributed by atoms with Crippen LogP contribution in [0, 0.1) is 21.7 Å². The van der Waals surface area contributed by atoms with Gasteiger partial charge in [-0.1, -0.05) is 0 Å². The van der Waals surface area contributed by atoms with E-state index in [1.54, 1.807) is 0 Å². The molecule has 2 aromatic rings. The zero-order chi connectivity index (χ0) is 14.9. The number of halogens is 2. The van der Waals surface area contributed by atoms with Gasteiger partial charge in [0.25, 0.3) is 5.95 Å². The van der Waals surface area contributed by atoms with E-state index in [9.17, 15) is 23.7 Å². The van der Waals surface area contributed by atoms with Gasteiger partial charge in [0.1, 0.15) is 0 Å². The second-order valence-electron chi connectivity index (χ2n) is 3.52. The van der Waals surface area contributed by atoms with Crippen LogP contribution < -0.4 is 4.74 Å². The Morgan fingerprint density at radius 2 is 2.00 bits per heavy atom. The first-order valence-corrected chi connectivity index (χ1v) is 5.03. The van der Waals surface area contributed by atoms with Gasteiger partial charge >= 0.3 is 11.7 Å². The van der Waals surface area contributed by atoms with Gasteiger partial charge in [-0.15, -0.1) is 0 Å². The van der Waals surface area contributed by atoms with E-state index >= 15 is 0 Å². The average Bonchev–Trinajstić information content (AvgIpc) is 2.81. The molecule has 0 saturated carbocycles. The van der Waals surface area contributed by atoms with Crippen molar-refractivity contribution in [3.8, 4) is 11.7 Å². The molecule has 0 aliphatic carbocycles. The van der Waals surface area contributed by atoms with Crippen molar-refractivity contribution in [3.63, 3.8) is 0 Å². The van der Waals surface area contributed by atoms with Crippen LogP contribution in [0.15, 0.2) is 28.7 Å². The van der Waals surface area contributed by atoms with E-state index in [4.69, 9.17) is 9.84 Å². The molecule has 104 valence electrons. The molecule has 0 amide bonds. The van der Waals surface area contributed by atoms with Crippen molar-refractivity contribution in [2.75, 3.05) is 0 Å². The van der Waals surface area contributed by atoms with Crippen molar-refractivity contribution in [3.05, 3.63) is 51.8 Å². The number of nitro groups is 1. The minimum absolute atomic E-state index is 0.353. The Kier molecular flexibility index (Phi) is 3.34. The van der Waals surface area contributed by atoms with Crippen LogP contribution in [0.4, 0.5) is 14.5 Å². The van der Waals surface area contributed by atoms with Gasteiger partial charge in [-0.05, 0) is 6.07 Å². The van der Waals surface area contributed by atoms with E-state index in [-0.39, 0.29) is 0 Å². The van der Waals surface area contributed by atoms with Gasteiger partial charge in [-0.3, -0.25) is 10.1 Å². The van der Waals surface area contributed by atoms with Crippen LogP contribution in [-0.4, -0.2) is 16.0 Å². The molecule has 20 heavy (non-hydrogen) atoms. The smallest absolute Gasteiger partial charge is 0.371 e. The van der Waals surface area contributed by atoms with E-state index in [0.29, 0.717) is 12.1 Å². The number of carbonyl (C=O) groups is 1. The van der Waals surface area contributed by atoms with E-state index in [0.717, 1.165) is 12.1 Å². The molecule has 0 radical (unpaired) electrons. The zero-order valence-corrected chi connectivity index (χ0v) is 9.50. The Bertz CT molecular complexity index is 696. The predicted octanol–water partition coefficient (Wildman–Crippen LogP) is 2.96. The highest BCUT2D eigenvalue weighted by Gasteiger charge is 2.20. The molecular weight excluding hydrogens is 280 g/mol. The predicted molar refractivity (Wildman–Crippen MR) is 58.8 cm³/mol. The maximum absolute atomic E-state index is 13.5. The highest BCUT2D eigenvalue weighted by Crippen LogP contribution is 2.30. The second kappa shape index (κ2) is 4.96. The normalized spacial score (nSPS) is 10.3. The van der Waals surface area contributed by atoms with Crippen molar-refractivity contribution in [2.24, 2.45) is 0 Å². The summed E-state index contributed by atoms with van der Waals surface area (Å²) in [7, 11) is 0. The van der Waals surface area contributed by atoms with Crippen molar-refractivity contribution in [2.45, 2.75) is 0 Å². The molecule has 7 nitrogen and oxygen atoms in total. The number of aromatic carboxylic acids is 1. The minimum Gasteiger partial charge on any atom is -0.475 e. The fourth-order valence-corrected chi connectivity index (χ4v) is 1.33. The number of ether oxygens (including phenoxy) is 1. The zero-order valence-electron chi connectivity index (χ0n) is 9.50. The third-order valence-electron chi connectivity index (χ3n) is 2.20. The third kappa shape index (κ3) is 2.55. The van der Waals surface area contributed by atoms with Crippen molar-refractivity contribution < 1.29 is 32.8 Å². The number of hydrogen-bond donors (Lipinski definition) is 1. The number of nitro benzene ring substituents is 1. The molecular formula is C11H5F2NO6. The summed E-state index contributed by atoms with van der Waals surface area (Å²) >= 11 is 0. The molecule has 1 N–H and O–H groups in total. The molecule has 0 unspecified atom stereocenters. The maximum Gasteiger partial charge on any atom is 0.371 e. The van der Waals surface area contributed by atoms with Crippen molar-refractivity contribution >= 4 is 11.7 Å². The molecule has 1 aromatic carbocycles. The monoisotopic (exact) mass is 285 g/mol. The van der Waals surface area contributed by atoms with Crippen molar-refractivity contribution in [1.82, 2.24) is 0 Å². The topological polar surface area (TPSA) is 103 Å². The number of benzene rings is 1. The Morgan fingerprint density at radius 3 is 2.55 bits per heavy atom. The number of carboxylic acid groups (broad SMARTS) is 1. The highest BCUT2D eigenvalue weighted by atomic mass is 19.1. The Hall–Kier alpha value is -2.97. The summed E-state index contributed by atoms with van der Waals surface area (Å²) in [6, 6.07) is 2.96. The summed E-state index contributed by atoms with van der Waals surface area (Å²) < 4.78 is 36.3. The SMILES string of the molecule is O=C(O)c1ccc(Oc2cc(F)c([N+](=O)[O-])cc2F)o1. The first-order chi connectivity index (χ1) is 9.38. The summed E-state index contributed by atoms with van der Waals surface area (Å²) in [5.74, 6) is -5.37. The fourth-order valence-electron chi connectivity index (χ4n) is 1.33. The van der Waals surface area contributed by atoms with E-state index in [2.05, 4.69) is 4.42 Å². The van der Waals surface area contributed by atoms with Crippen LogP contribution in [0.2, 0.25) is 0 Å². The average molecular weight is 285 g/mol. The van der Waals surface area contributed by atoms with E-state index in [1.165, 1.54) is 0 Å². The summed E-state index contributed by atoms with van der Waals surface area (Å²) in [6.07, 6.45) is 0. The van der Waals surface area contributed by atoms with Crippen LogP contribution >= 0.6 is 0 Å². The maximum atomic E-state index is 13.5. The highest BCUT2D eigenvalue weighted by molar-refractivity contribution is 5.84. The second-order valence-corrected chi connectivity index (χ2v) is 3.52. The van der Waals surface area contributed by atoms with Gasteiger partial charge < -0.3 is 14.3 Å². The largest absolute Gasteiger partial charge is 0.475 e. The van der Waals surface area contributed by atoms with Gasteiger partial charge in [0.05, 0.1) is 11.0 Å². The lowest BCUT2D eigenvalue weighted by Crippen LogP contribution is -1.96.